The van der Waals surface area contributed by atoms with Crippen molar-refractivity contribution in [1.29, 1.82) is 0 Å². The predicted octanol–water partition coefficient (Wildman–Crippen LogP) is 3.08. The van der Waals surface area contributed by atoms with Gasteiger partial charge < -0.3 is 4.98 Å². The molecule has 4 nitrogen and oxygen atoms in total. The first-order valence-corrected chi connectivity index (χ1v) is 6.78. The summed E-state index contributed by atoms with van der Waals surface area (Å²) in [4.78, 5) is 16.0. The molecule has 4 heteroatoms. The molecular formula is C17H13N3O. The molecular weight excluding hydrogens is 262 g/mol. The number of fused-ring (bicyclic) bond motifs is 2. The monoisotopic (exact) mass is 275 g/mol. The van der Waals surface area contributed by atoms with Crippen LogP contribution in [-0.2, 0) is 7.05 Å². The summed E-state index contributed by atoms with van der Waals surface area (Å²) < 4.78 is 1.61. The van der Waals surface area contributed by atoms with E-state index in [1.807, 2.05) is 48.5 Å². The highest BCUT2D eigenvalue weighted by Crippen LogP contribution is 2.26. The Labute approximate surface area is 120 Å². The lowest BCUT2D eigenvalue weighted by atomic mass is 10.0. The summed E-state index contributed by atoms with van der Waals surface area (Å²) in [6.45, 7) is 0. The second-order valence-corrected chi connectivity index (χ2v) is 5.08. The van der Waals surface area contributed by atoms with E-state index >= 15 is 0 Å². The standard InChI is InChI=1S/C17H13N3O/c1-20-16-14(10-18-20)19-15-12(11-6-3-2-4-7-11)8-5-9-13(15)17(16)21/h2-10H,1H3,(H,19,21). The van der Waals surface area contributed by atoms with Crippen molar-refractivity contribution >= 4 is 21.9 Å². The molecule has 4 rings (SSSR count). The number of nitrogens with zero attached hydrogens (tertiary/aromatic N) is 2. The highest BCUT2D eigenvalue weighted by Gasteiger charge is 2.12. The molecule has 21 heavy (non-hydrogen) atoms. The third kappa shape index (κ3) is 1.69. The number of aromatic nitrogens is 3. The fourth-order valence-electron chi connectivity index (χ4n) is 2.79. The molecule has 0 aliphatic heterocycles. The number of H-pyrrole nitrogens is 1. The number of nitrogens with one attached hydrogen (secondary N) is 1. The largest absolute Gasteiger partial charge is 0.351 e. The Morgan fingerprint density at radius 3 is 2.67 bits per heavy atom. The minimum atomic E-state index is 0.0107. The molecule has 0 fully saturated rings. The van der Waals surface area contributed by atoms with Gasteiger partial charge in [-0.2, -0.15) is 5.10 Å². The molecule has 0 saturated heterocycles. The van der Waals surface area contributed by atoms with Crippen molar-refractivity contribution in [1.82, 2.24) is 14.8 Å². The van der Waals surface area contributed by atoms with Gasteiger partial charge in [0.1, 0.15) is 5.52 Å². The first kappa shape index (κ1) is 11.9. The number of hydrogen-bond donors (Lipinski definition) is 1. The number of hydrogen-bond acceptors (Lipinski definition) is 2. The molecule has 0 aliphatic rings. The van der Waals surface area contributed by atoms with Gasteiger partial charge in [-0.1, -0.05) is 42.5 Å². The van der Waals surface area contributed by atoms with E-state index in [0.717, 1.165) is 22.2 Å². The van der Waals surface area contributed by atoms with Crippen molar-refractivity contribution in [3.63, 3.8) is 0 Å². The van der Waals surface area contributed by atoms with Crippen molar-refractivity contribution in [3.8, 4) is 11.1 Å². The van der Waals surface area contributed by atoms with Gasteiger partial charge in [0.15, 0.2) is 0 Å². The fraction of sp³-hybridized carbons (Fsp3) is 0.0588. The normalized spacial score (nSPS) is 11.3. The van der Waals surface area contributed by atoms with Gasteiger partial charge in [0.2, 0.25) is 5.43 Å². The molecule has 0 bridgehead atoms. The van der Waals surface area contributed by atoms with Gasteiger partial charge in [-0.25, -0.2) is 0 Å². The van der Waals surface area contributed by atoms with Crippen LogP contribution in [-0.4, -0.2) is 14.8 Å². The maximum atomic E-state index is 12.7. The summed E-state index contributed by atoms with van der Waals surface area (Å²) in [5.41, 5.74) is 4.34. The average molecular weight is 275 g/mol. The van der Waals surface area contributed by atoms with Gasteiger partial charge in [-0.3, -0.25) is 9.48 Å². The van der Waals surface area contributed by atoms with Crippen LogP contribution in [0.1, 0.15) is 0 Å². The van der Waals surface area contributed by atoms with Crippen molar-refractivity contribution in [2.75, 3.05) is 0 Å². The molecule has 0 atom stereocenters. The van der Waals surface area contributed by atoms with Crippen molar-refractivity contribution in [3.05, 3.63) is 65.0 Å². The zero-order chi connectivity index (χ0) is 14.4. The van der Waals surface area contributed by atoms with Crippen LogP contribution in [0, 0.1) is 0 Å². The summed E-state index contributed by atoms with van der Waals surface area (Å²) in [5.74, 6) is 0. The van der Waals surface area contributed by atoms with Crippen LogP contribution in [0.15, 0.2) is 59.5 Å². The number of aryl methyl sites for hydroxylation is 1. The molecule has 0 spiro atoms. The van der Waals surface area contributed by atoms with Gasteiger partial charge in [-0.05, 0) is 11.6 Å². The van der Waals surface area contributed by atoms with E-state index in [0.29, 0.717) is 10.9 Å². The summed E-state index contributed by atoms with van der Waals surface area (Å²) in [5, 5.41) is 4.85. The van der Waals surface area contributed by atoms with Crippen LogP contribution in [0.25, 0.3) is 33.1 Å². The average Bonchev–Trinajstić information content (AvgIpc) is 2.89. The van der Waals surface area contributed by atoms with E-state index in [4.69, 9.17) is 0 Å². The summed E-state index contributed by atoms with van der Waals surface area (Å²) in [6, 6.07) is 15.9. The molecule has 102 valence electrons. The molecule has 0 amide bonds. The zero-order valence-electron chi connectivity index (χ0n) is 11.5. The van der Waals surface area contributed by atoms with Gasteiger partial charge in [0, 0.05) is 18.0 Å². The molecule has 0 radical (unpaired) electrons. The quantitative estimate of drug-likeness (QED) is 0.580. The highest BCUT2D eigenvalue weighted by atomic mass is 16.1. The minimum absolute atomic E-state index is 0.0107. The molecule has 0 unspecified atom stereocenters. The maximum Gasteiger partial charge on any atom is 0.215 e. The molecule has 2 heterocycles. The first-order chi connectivity index (χ1) is 10.3. The van der Waals surface area contributed by atoms with Crippen LogP contribution in [0.5, 0.6) is 0 Å². The van der Waals surface area contributed by atoms with E-state index in [1.165, 1.54) is 0 Å². The van der Waals surface area contributed by atoms with Crippen molar-refractivity contribution < 1.29 is 0 Å². The van der Waals surface area contributed by atoms with Crippen LogP contribution < -0.4 is 5.43 Å². The van der Waals surface area contributed by atoms with E-state index in [2.05, 4.69) is 10.1 Å². The molecule has 1 N–H and O–H groups in total. The van der Waals surface area contributed by atoms with Crippen LogP contribution >= 0.6 is 0 Å². The van der Waals surface area contributed by atoms with Gasteiger partial charge in [-0.15, -0.1) is 0 Å². The third-order valence-corrected chi connectivity index (χ3v) is 3.81. The smallest absolute Gasteiger partial charge is 0.215 e. The number of aromatic amines is 1. The summed E-state index contributed by atoms with van der Waals surface area (Å²) in [7, 11) is 1.78. The second kappa shape index (κ2) is 4.31. The fourth-order valence-corrected chi connectivity index (χ4v) is 2.79. The third-order valence-electron chi connectivity index (χ3n) is 3.81. The van der Waals surface area contributed by atoms with Crippen LogP contribution in [0.3, 0.4) is 0 Å². The van der Waals surface area contributed by atoms with E-state index in [9.17, 15) is 4.79 Å². The zero-order valence-corrected chi connectivity index (χ0v) is 11.5. The topological polar surface area (TPSA) is 50.7 Å². The van der Waals surface area contributed by atoms with Crippen LogP contribution in [0.4, 0.5) is 0 Å². The summed E-state index contributed by atoms with van der Waals surface area (Å²) >= 11 is 0. The van der Waals surface area contributed by atoms with E-state index in [-0.39, 0.29) is 5.43 Å². The van der Waals surface area contributed by atoms with E-state index in [1.54, 1.807) is 17.9 Å². The van der Waals surface area contributed by atoms with Gasteiger partial charge >= 0.3 is 0 Å². The minimum Gasteiger partial charge on any atom is -0.351 e. The lowest BCUT2D eigenvalue weighted by Gasteiger charge is -2.07. The molecule has 0 aliphatic carbocycles. The molecule has 2 aromatic heterocycles. The maximum absolute atomic E-state index is 12.7. The van der Waals surface area contributed by atoms with Crippen LogP contribution in [0.2, 0.25) is 0 Å². The molecule has 4 aromatic rings. The van der Waals surface area contributed by atoms with E-state index < -0.39 is 0 Å². The van der Waals surface area contributed by atoms with Gasteiger partial charge in [0.25, 0.3) is 0 Å². The number of para-hydroxylation sites is 1. The highest BCUT2D eigenvalue weighted by molar-refractivity contribution is 5.98. The Morgan fingerprint density at radius 1 is 1.05 bits per heavy atom. The molecule has 2 aromatic carbocycles. The Morgan fingerprint density at radius 2 is 1.86 bits per heavy atom. The Kier molecular flexibility index (Phi) is 2.44. The SMILES string of the molecule is Cn1ncc2[nH]c3c(-c4ccccc4)cccc3c(=O)c21. The first-order valence-electron chi connectivity index (χ1n) is 6.78. The number of pyridine rings is 1. The second-order valence-electron chi connectivity index (χ2n) is 5.08. The molecule has 0 saturated carbocycles. The lowest BCUT2D eigenvalue weighted by molar-refractivity contribution is 0.795. The lowest BCUT2D eigenvalue weighted by Crippen LogP contribution is -2.08. The number of rotatable bonds is 1. The van der Waals surface area contributed by atoms with Gasteiger partial charge in [0.05, 0.1) is 17.2 Å². The number of benzene rings is 2. The Balaban J connectivity index is 2.18. The Bertz CT molecular complexity index is 1010. The van der Waals surface area contributed by atoms with Crippen molar-refractivity contribution in [2.45, 2.75) is 0 Å². The Hall–Kier alpha value is -2.88. The predicted molar refractivity (Wildman–Crippen MR) is 84.3 cm³/mol. The van der Waals surface area contributed by atoms with Crippen molar-refractivity contribution in [2.24, 2.45) is 7.05 Å². The summed E-state index contributed by atoms with van der Waals surface area (Å²) in [6.07, 6.45) is 1.69.